The molecule has 4 heteroatoms. The molecule has 0 fully saturated rings. The first kappa shape index (κ1) is 24.6. The monoisotopic (exact) mass is 389 g/mol. The normalized spacial score (nSPS) is 10.9. The van der Waals surface area contributed by atoms with Gasteiger partial charge in [-0.2, -0.15) is 0 Å². The lowest BCUT2D eigenvalue weighted by molar-refractivity contribution is -0.122. The average molecular weight is 390 g/mol. The van der Waals surface area contributed by atoms with E-state index >= 15 is 0 Å². The quantitative estimate of drug-likeness (QED) is 0.211. The molecule has 0 spiro atoms. The number of pyridine rings is 1. The highest BCUT2D eigenvalue weighted by Crippen LogP contribution is 2.13. The predicted molar refractivity (Wildman–Crippen MR) is 119 cm³/mol. The van der Waals surface area contributed by atoms with Gasteiger partial charge in [0.05, 0.1) is 0 Å². The molecule has 0 bridgehead atoms. The molecule has 0 aliphatic rings. The smallest absolute Gasteiger partial charge is 0.234 e. The van der Waals surface area contributed by atoms with E-state index in [9.17, 15) is 4.79 Å². The molecule has 28 heavy (non-hydrogen) atoms. The first-order valence-electron chi connectivity index (χ1n) is 11.7. The van der Waals surface area contributed by atoms with Crippen molar-refractivity contribution in [1.82, 2.24) is 15.8 Å². The van der Waals surface area contributed by atoms with Crippen molar-refractivity contribution in [2.24, 2.45) is 0 Å². The molecule has 0 saturated heterocycles. The molecule has 1 heterocycles. The predicted octanol–water partition coefficient (Wildman–Crippen LogP) is 6.46. The molecule has 0 aromatic carbocycles. The maximum Gasteiger partial charge on any atom is 0.234 e. The molecule has 0 atom stereocenters. The van der Waals surface area contributed by atoms with Crippen molar-refractivity contribution in [3.63, 3.8) is 0 Å². The number of hydrogen-bond donors (Lipinski definition) is 2. The van der Waals surface area contributed by atoms with Crippen LogP contribution in [0.4, 0.5) is 0 Å². The van der Waals surface area contributed by atoms with E-state index < -0.39 is 0 Å². The van der Waals surface area contributed by atoms with Crippen molar-refractivity contribution in [2.45, 2.75) is 116 Å². The highest BCUT2D eigenvalue weighted by atomic mass is 16.2. The van der Waals surface area contributed by atoms with Gasteiger partial charge in [0, 0.05) is 25.4 Å². The molecular formula is C24H43N3O. The van der Waals surface area contributed by atoms with E-state index in [0.29, 0.717) is 13.0 Å². The molecule has 4 nitrogen and oxygen atoms in total. The van der Waals surface area contributed by atoms with Crippen molar-refractivity contribution in [3.05, 3.63) is 30.1 Å². The molecule has 1 aromatic heterocycles. The maximum absolute atomic E-state index is 11.8. The van der Waals surface area contributed by atoms with Gasteiger partial charge >= 0.3 is 0 Å². The minimum absolute atomic E-state index is 0.0868. The zero-order valence-electron chi connectivity index (χ0n) is 18.2. The lowest BCUT2D eigenvalue weighted by Gasteiger charge is -2.07. The molecular weight excluding hydrogens is 346 g/mol. The van der Waals surface area contributed by atoms with Crippen LogP contribution in [0.5, 0.6) is 0 Å². The Morgan fingerprint density at radius 1 is 0.750 bits per heavy atom. The number of nitrogens with zero attached hydrogens (tertiary/aromatic N) is 1. The first-order chi connectivity index (χ1) is 13.8. The van der Waals surface area contributed by atoms with Gasteiger partial charge in [-0.3, -0.25) is 15.2 Å². The van der Waals surface area contributed by atoms with E-state index in [0.717, 1.165) is 18.4 Å². The fourth-order valence-electron chi connectivity index (χ4n) is 3.46. The van der Waals surface area contributed by atoms with Crippen LogP contribution in [0.1, 0.15) is 115 Å². The number of amides is 1. The van der Waals surface area contributed by atoms with Gasteiger partial charge in [-0.15, -0.1) is 0 Å². The number of nitrogens with one attached hydrogen (secondary N) is 2. The van der Waals surface area contributed by atoms with Gasteiger partial charge in [0.15, 0.2) is 0 Å². The summed E-state index contributed by atoms with van der Waals surface area (Å²) in [5.74, 6) is 0.0868. The van der Waals surface area contributed by atoms with Crippen molar-refractivity contribution in [1.29, 1.82) is 0 Å². The summed E-state index contributed by atoms with van der Waals surface area (Å²) in [6.45, 7) is 2.91. The largest absolute Gasteiger partial charge is 0.291 e. The topological polar surface area (TPSA) is 54.0 Å². The Labute approximate surface area is 173 Å². The number of rotatable bonds is 19. The van der Waals surface area contributed by atoms with Gasteiger partial charge in [0.1, 0.15) is 0 Å². The summed E-state index contributed by atoms with van der Waals surface area (Å²) in [6.07, 6.45) is 24.3. The first-order valence-corrected chi connectivity index (χ1v) is 11.7. The van der Waals surface area contributed by atoms with E-state index in [1.807, 2.05) is 12.1 Å². The number of carbonyl (C=O) groups excluding carboxylic acids is 1. The molecule has 0 aliphatic carbocycles. The summed E-state index contributed by atoms with van der Waals surface area (Å²) in [6, 6.07) is 3.88. The van der Waals surface area contributed by atoms with Crippen LogP contribution in [-0.4, -0.2) is 10.9 Å². The minimum atomic E-state index is 0.0868. The van der Waals surface area contributed by atoms with Crippen molar-refractivity contribution >= 4 is 5.91 Å². The lowest BCUT2D eigenvalue weighted by atomic mass is 10.0. The Morgan fingerprint density at radius 2 is 1.21 bits per heavy atom. The van der Waals surface area contributed by atoms with E-state index in [4.69, 9.17) is 0 Å². The third-order valence-corrected chi connectivity index (χ3v) is 5.28. The number of unbranched alkanes of at least 4 members (excludes halogenated alkanes) is 14. The Morgan fingerprint density at radius 3 is 1.71 bits per heavy atom. The van der Waals surface area contributed by atoms with Gasteiger partial charge in [0.2, 0.25) is 5.91 Å². The second kappa shape index (κ2) is 18.9. The number of aromatic nitrogens is 1. The Kier molecular flexibility index (Phi) is 16.6. The van der Waals surface area contributed by atoms with Crippen molar-refractivity contribution < 1.29 is 4.79 Å². The molecule has 2 N–H and O–H groups in total. The van der Waals surface area contributed by atoms with Crippen LogP contribution in [-0.2, 0) is 11.3 Å². The van der Waals surface area contributed by atoms with Crippen molar-refractivity contribution in [2.75, 3.05) is 0 Å². The van der Waals surface area contributed by atoms with Gasteiger partial charge in [-0.25, -0.2) is 5.43 Å². The third-order valence-electron chi connectivity index (χ3n) is 5.28. The van der Waals surface area contributed by atoms with E-state index in [1.165, 1.54) is 83.5 Å². The SMILES string of the molecule is CCCCCCCCCCCCCCCCCC(=O)NNCc1ccncc1. The average Bonchev–Trinajstić information content (AvgIpc) is 2.71. The summed E-state index contributed by atoms with van der Waals surface area (Å²) >= 11 is 0. The summed E-state index contributed by atoms with van der Waals surface area (Å²) in [5.41, 5.74) is 6.86. The fraction of sp³-hybridized carbons (Fsp3) is 0.750. The van der Waals surface area contributed by atoms with Gasteiger partial charge < -0.3 is 0 Å². The van der Waals surface area contributed by atoms with Crippen LogP contribution in [0.25, 0.3) is 0 Å². The second-order valence-corrected chi connectivity index (χ2v) is 7.96. The Balaban J connectivity index is 1.76. The zero-order chi connectivity index (χ0) is 20.1. The van der Waals surface area contributed by atoms with Crippen LogP contribution in [0.3, 0.4) is 0 Å². The number of hydrogen-bond acceptors (Lipinski definition) is 3. The van der Waals surface area contributed by atoms with Gasteiger partial charge in [-0.05, 0) is 24.1 Å². The standard InChI is InChI=1S/C24H43N3O/c1-2-3-4-5-6-7-8-9-10-11-12-13-14-15-16-17-24(28)27-26-22-23-18-20-25-21-19-23/h18-21,26H,2-17,22H2,1H3,(H,27,28). The number of hydrazine groups is 1. The second-order valence-electron chi connectivity index (χ2n) is 7.96. The van der Waals surface area contributed by atoms with Gasteiger partial charge in [-0.1, -0.05) is 96.8 Å². The Bertz CT molecular complexity index is 464. The molecule has 160 valence electrons. The molecule has 0 aliphatic heterocycles. The highest BCUT2D eigenvalue weighted by Gasteiger charge is 2.00. The summed E-state index contributed by atoms with van der Waals surface area (Å²) in [5, 5.41) is 0. The third kappa shape index (κ3) is 15.6. The van der Waals surface area contributed by atoms with E-state index in [-0.39, 0.29) is 5.91 Å². The van der Waals surface area contributed by atoms with Crippen LogP contribution >= 0.6 is 0 Å². The van der Waals surface area contributed by atoms with Crippen LogP contribution in [0.2, 0.25) is 0 Å². The van der Waals surface area contributed by atoms with Crippen LogP contribution < -0.4 is 10.9 Å². The van der Waals surface area contributed by atoms with E-state index in [2.05, 4.69) is 22.8 Å². The molecule has 1 aromatic rings. The van der Waals surface area contributed by atoms with Crippen LogP contribution in [0.15, 0.2) is 24.5 Å². The molecule has 1 rings (SSSR count). The van der Waals surface area contributed by atoms with Crippen molar-refractivity contribution in [3.8, 4) is 0 Å². The molecule has 1 amide bonds. The Hall–Kier alpha value is -1.42. The lowest BCUT2D eigenvalue weighted by Crippen LogP contribution is -2.36. The molecule has 0 saturated carbocycles. The van der Waals surface area contributed by atoms with E-state index in [1.54, 1.807) is 12.4 Å². The zero-order valence-corrected chi connectivity index (χ0v) is 18.2. The minimum Gasteiger partial charge on any atom is -0.291 e. The van der Waals surface area contributed by atoms with Crippen LogP contribution in [0, 0.1) is 0 Å². The van der Waals surface area contributed by atoms with Gasteiger partial charge in [0.25, 0.3) is 0 Å². The summed E-state index contributed by atoms with van der Waals surface area (Å²) in [7, 11) is 0. The highest BCUT2D eigenvalue weighted by molar-refractivity contribution is 5.75. The number of carbonyl (C=O) groups is 1. The fourth-order valence-corrected chi connectivity index (χ4v) is 3.46. The summed E-state index contributed by atoms with van der Waals surface area (Å²) < 4.78 is 0. The maximum atomic E-state index is 11.8. The molecule has 0 radical (unpaired) electrons. The molecule has 0 unspecified atom stereocenters. The summed E-state index contributed by atoms with van der Waals surface area (Å²) in [4.78, 5) is 15.8.